The standard InChI is InChI=1S/C46H42N2O7S/c1-30-42(29-56-40-25-19-34(20-26-40)44(50)51)54-45(55-43(30)33-13-11-31(28-49)12-14-33)35-17-15-32(16-18-35)41-10-6-5-7-36(41)27-47-46(52)48-37-21-23-39(24-22-37)53-38-8-3-2-4-9-38/h2-26,30,42-43,45,49H,27-29H2,1H3,(H,50,51)(H2,47,48,52)/t30-,42+,43+,45+/m1/s1. The predicted octanol–water partition coefficient (Wildman–Crippen LogP) is 10.2. The quantitative estimate of drug-likeness (QED) is 0.0856. The van der Waals surface area contributed by atoms with Gasteiger partial charge >= 0.3 is 12.0 Å². The molecule has 0 radical (unpaired) electrons. The number of carboxylic acid groups (broad SMARTS) is 1. The van der Waals surface area contributed by atoms with Gasteiger partial charge in [-0.1, -0.05) is 97.9 Å². The molecule has 6 aromatic carbocycles. The summed E-state index contributed by atoms with van der Waals surface area (Å²) in [6.45, 7) is 2.40. The molecule has 0 spiro atoms. The summed E-state index contributed by atoms with van der Waals surface area (Å²) in [5.41, 5.74) is 6.52. The molecule has 284 valence electrons. The number of aromatic carboxylic acids is 1. The Morgan fingerprint density at radius 2 is 1.39 bits per heavy atom. The molecular formula is C46H42N2O7S. The lowest BCUT2D eigenvalue weighted by Crippen LogP contribution is -2.38. The lowest BCUT2D eigenvalue weighted by Gasteiger charge is -2.41. The highest BCUT2D eigenvalue weighted by molar-refractivity contribution is 7.99. The van der Waals surface area contributed by atoms with Crippen molar-refractivity contribution in [1.29, 1.82) is 0 Å². The van der Waals surface area contributed by atoms with Gasteiger partial charge in [-0.25, -0.2) is 9.59 Å². The first-order valence-electron chi connectivity index (χ1n) is 18.4. The third-order valence-corrected chi connectivity index (χ3v) is 10.8. The van der Waals surface area contributed by atoms with Crippen molar-refractivity contribution in [3.8, 4) is 22.6 Å². The summed E-state index contributed by atoms with van der Waals surface area (Å²) >= 11 is 1.61. The SMILES string of the molecule is C[C@@H]1[C@H](CSc2ccc(C(=O)O)cc2)O[C@H](c2ccc(-c3ccccc3CNC(=O)Nc3ccc(Oc4ccccc4)cc3)cc2)O[C@@H]1c1ccc(CO)cc1. The van der Waals surface area contributed by atoms with Crippen LogP contribution in [0.2, 0.25) is 0 Å². The maximum absolute atomic E-state index is 12.9. The number of carboxylic acids is 1. The Kier molecular flexibility index (Phi) is 12.4. The molecular weight excluding hydrogens is 725 g/mol. The van der Waals surface area contributed by atoms with Gasteiger partial charge in [-0.15, -0.1) is 11.8 Å². The van der Waals surface area contributed by atoms with E-state index in [0.717, 1.165) is 44.0 Å². The van der Waals surface area contributed by atoms with Crippen molar-refractivity contribution in [3.05, 3.63) is 179 Å². The number of hydrogen-bond donors (Lipinski definition) is 4. The topological polar surface area (TPSA) is 126 Å². The number of benzene rings is 6. The molecule has 4 N–H and O–H groups in total. The number of nitrogens with one attached hydrogen (secondary N) is 2. The van der Waals surface area contributed by atoms with Crippen LogP contribution in [0, 0.1) is 5.92 Å². The fraction of sp³-hybridized carbons (Fsp3) is 0.174. The fourth-order valence-electron chi connectivity index (χ4n) is 6.54. The van der Waals surface area contributed by atoms with E-state index >= 15 is 0 Å². The number of carbonyl (C=O) groups is 2. The van der Waals surface area contributed by atoms with Gasteiger partial charge in [-0.05, 0) is 88.5 Å². The van der Waals surface area contributed by atoms with Crippen LogP contribution in [0.25, 0.3) is 11.1 Å². The van der Waals surface area contributed by atoms with Crippen LogP contribution in [0.3, 0.4) is 0 Å². The van der Waals surface area contributed by atoms with Crippen molar-refractivity contribution in [2.24, 2.45) is 5.92 Å². The number of hydrogen-bond acceptors (Lipinski definition) is 7. The zero-order valence-corrected chi connectivity index (χ0v) is 31.5. The second kappa shape index (κ2) is 18.1. The summed E-state index contributed by atoms with van der Waals surface area (Å²) in [6, 6.07) is 47.2. The third-order valence-electron chi connectivity index (χ3n) is 9.68. The van der Waals surface area contributed by atoms with E-state index in [1.807, 2.05) is 127 Å². The summed E-state index contributed by atoms with van der Waals surface area (Å²) in [5.74, 6) is 1.10. The van der Waals surface area contributed by atoms with Gasteiger partial charge in [0.2, 0.25) is 0 Å². The summed E-state index contributed by atoms with van der Waals surface area (Å²) < 4.78 is 19.2. The molecule has 0 bridgehead atoms. The average molecular weight is 767 g/mol. The van der Waals surface area contributed by atoms with E-state index in [1.165, 1.54) is 0 Å². The number of aliphatic hydroxyl groups is 1. The monoisotopic (exact) mass is 766 g/mol. The van der Waals surface area contributed by atoms with Gasteiger partial charge in [0.05, 0.1) is 24.4 Å². The van der Waals surface area contributed by atoms with E-state index in [9.17, 15) is 19.8 Å². The first kappa shape index (κ1) is 38.4. The first-order chi connectivity index (χ1) is 27.3. The zero-order valence-electron chi connectivity index (χ0n) is 30.7. The molecule has 1 fully saturated rings. The van der Waals surface area contributed by atoms with E-state index < -0.39 is 12.3 Å². The molecule has 0 aliphatic carbocycles. The second-order valence-electron chi connectivity index (χ2n) is 13.5. The Labute approximate surface area is 330 Å². The van der Waals surface area contributed by atoms with Crippen LogP contribution < -0.4 is 15.4 Å². The van der Waals surface area contributed by atoms with E-state index in [-0.39, 0.29) is 36.3 Å². The highest BCUT2D eigenvalue weighted by Gasteiger charge is 2.38. The van der Waals surface area contributed by atoms with Crippen LogP contribution >= 0.6 is 11.8 Å². The van der Waals surface area contributed by atoms with Crippen LogP contribution in [0.1, 0.15) is 51.9 Å². The van der Waals surface area contributed by atoms with E-state index in [2.05, 4.69) is 17.6 Å². The molecule has 0 unspecified atom stereocenters. The summed E-state index contributed by atoms with van der Waals surface area (Å²) in [4.78, 5) is 25.2. The smallest absolute Gasteiger partial charge is 0.335 e. The van der Waals surface area contributed by atoms with Crippen LogP contribution in [0.4, 0.5) is 10.5 Å². The molecule has 2 amide bonds. The molecule has 1 saturated heterocycles. The summed E-state index contributed by atoms with van der Waals surface area (Å²) in [6.07, 6.45) is -1.08. The largest absolute Gasteiger partial charge is 0.478 e. The predicted molar refractivity (Wildman–Crippen MR) is 218 cm³/mol. The lowest BCUT2D eigenvalue weighted by molar-refractivity contribution is -0.268. The Morgan fingerprint density at radius 3 is 2.09 bits per heavy atom. The molecule has 1 aliphatic heterocycles. The fourth-order valence-corrected chi connectivity index (χ4v) is 7.61. The molecule has 0 saturated carbocycles. The minimum absolute atomic E-state index is 0.000822. The Hall–Kier alpha value is -5.91. The highest BCUT2D eigenvalue weighted by Crippen LogP contribution is 2.43. The van der Waals surface area contributed by atoms with Gasteiger partial charge < -0.3 is 35.1 Å². The summed E-state index contributed by atoms with van der Waals surface area (Å²) in [5, 5.41) is 24.8. The normalized spacial score (nSPS) is 17.8. The van der Waals surface area contributed by atoms with E-state index in [4.69, 9.17) is 14.2 Å². The summed E-state index contributed by atoms with van der Waals surface area (Å²) in [7, 11) is 0. The van der Waals surface area contributed by atoms with Crippen LogP contribution in [0.15, 0.2) is 157 Å². The molecule has 10 heteroatoms. The molecule has 9 nitrogen and oxygen atoms in total. The van der Waals surface area contributed by atoms with E-state index in [0.29, 0.717) is 23.7 Å². The molecule has 0 aromatic heterocycles. The molecule has 56 heavy (non-hydrogen) atoms. The molecule has 7 rings (SSSR count). The zero-order chi connectivity index (χ0) is 38.9. The van der Waals surface area contributed by atoms with Crippen LogP contribution in [-0.4, -0.2) is 34.1 Å². The molecule has 1 heterocycles. The van der Waals surface area contributed by atoms with Crippen molar-refractivity contribution in [3.63, 3.8) is 0 Å². The number of aliphatic hydroxyl groups excluding tert-OH is 1. The van der Waals surface area contributed by atoms with Gasteiger partial charge in [0.15, 0.2) is 6.29 Å². The van der Waals surface area contributed by atoms with Crippen molar-refractivity contribution in [2.45, 2.75) is 43.5 Å². The minimum Gasteiger partial charge on any atom is -0.478 e. The average Bonchev–Trinajstić information content (AvgIpc) is 3.24. The Balaban J connectivity index is 1.02. The van der Waals surface area contributed by atoms with Crippen molar-refractivity contribution < 1.29 is 34.0 Å². The van der Waals surface area contributed by atoms with Crippen LogP contribution in [0.5, 0.6) is 11.5 Å². The lowest BCUT2D eigenvalue weighted by atomic mass is 9.91. The number of para-hydroxylation sites is 1. The Bertz CT molecular complexity index is 2220. The van der Waals surface area contributed by atoms with Crippen LogP contribution in [-0.2, 0) is 22.6 Å². The maximum Gasteiger partial charge on any atom is 0.335 e. The number of thioether (sulfide) groups is 1. The van der Waals surface area contributed by atoms with Crippen molar-refractivity contribution >= 4 is 29.4 Å². The Morgan fingerprint density at radius 1 is 0.732 bits per heavy atom. The third kappa shape index (κ3) is 9.66. The van der Waals surface area contributed by atoms with Gasteiger partial charge in [0, 0.05) is 34.4 Å². The van der Waals surface area contributed by atoms with Gasteiger partial charge in [0.25, 0.3) is 0 Å². The molecule has 6 aromatic rings. The maximum atomic E-state index is 12.9. The molecule has 1 aliphatic rings. The number of ether oxygens (including phenoxy) is 3. The van der Waals surface area contributed by atoms with E-state index in [1.54, 1.807) is 36.0 Å². The van der Waals surface area contributed by atoms with Gasteiger partial charge in [-0.2, -0.15) is 0 Å². The van der Waals surface area contributed by atoms with Crippen molar-refractivity contribution in [1.82, 2.24) is 5.32 Å². The van der Waals surface area contributed by atoms with Crippen molar-refractivity contribution in [2.75, 3.05) is 11.1 Å². The highest BCUT2D eigenvalue weighted by atomic mass is 32.2. The second-order valence-corrected chi connectivity index (χ2v) is 14.6. The van der Waals surface area contributed by atoms with Gasteiger partial charge in [0.1, 0.15) is 11.5 Å². The number of carbonyl (C=O) groups excluding carboxylic acids is 1. The van der Waals surface area contributed by atoms with Gasteiger partial charge in [-0.3, -0.25) is 0 Å². The number of amides is 2. The molecule has 4 atom stereocenters. The first-order valence-corrected chi connectivity index (χ1v) is 19.3. The minimum atomic E-state index is -0.955. The number of anilines is 1. The number of urea groups is 1. The number of rotatable bonds is 13.